The van der Waals surface area contributed by atoms with Crippen molar-refractivity contribution in [2.75, 3.05) is 20.2 Å². The minimum absolute atomic E-state index is 0.168. The van der Waals surface area contributed by atoms with Crippen molar-refractivity contribution in [2.45, 2.75) is 116 Å². The van der Waals surface area contributed by atoms with Crippen LogP contribution in [-0.2, 0) is 30.3 Å². The Morgan fingerprint density at radius 1 is 1.19 bits per heavy atom. The molecule has 0 bridgehead atoms. The second-order valence-corrected chi connectivity index (χ2v) is 14.9. The lowest BCUT2D eigenvalue weighted by molar-refractivity contribution is -0.170. The molecule has 0 radical (unpaired) electrons. The van der Waals surface area contributed by atoms with Gasteiger partial charge >= 0.3 is 12.1 Å². The molecule has 0 saturated carbocycles. The third-order valence-electron chi connectivity index (χ3n) is 10.9. The fourth-order valence-electron chi connectivity index (χ4n) is 7.22. The molecule has 2 aromatic rings. The highest BCUT2D eigenvalue weighted by Gasteiger charge is 2.58. The summed E-state index contributed by atoms with van der Waals surface area (Å²) >= 11 is 1.50. The largest absolute Gasteiger partial charge is 0.458 e. The van der Waals surface area contributed by atoms with E-state index in [4.69, 9.17) is 14.2 Å². The number of nitrogens with zero attached hydrogens (tertiary/aromatic N) is 5. The number of ketones is 1. The van der Waals surface area contributed by atoms with Gasteiger partial charge in [0.25, 0.3) is 0 Å². The van der Waals surface area contributed by atoms with E-state index >= 15 is 0 Å². The molecule has 1 amide bonds. The van der Waals surface area contributed by atoms with E-state index < -0.39 is 47.0 Å². The molecule has 2 fully saturated rings. The summed E-state index contributed by atoms with van der Waals surface area (Å²) < 4.78 is 19.7. The van der Waals surface area contributed by atoms with Gasteiger partial charge in [-0.1, -0.05) is 51.0 Å². The summed E-state index contributed by atoms with van der Waals surface area (Å²) in [7, 11) is 3.76. The van der Waals surface area contributed by atoms with Gasteiger partial charge < -0.3 is 19.5 Å². The van der Waals surface area contributed by atoms with Crippen LogP contribution < -0.4 is 5.32 Å². The number of allylic oxidation sites excluding steroid dienone is 1. The van der Waals surface area contributed by atoms with Crippen LogP contribution in [0.1, 0.15) is 74.1 Å². The van der Waals surface area contributed by atoms with Crippen molar-refractivity contribution in [3.63, 3.8) is 0 Å². The number of hydrogen-bond acceptors (Lipinski definition) is 11. The smallest absolute Gasteiger partial charge is 0.411 e. The average molecular weight is 685 g/mol. The monoisotopic (exact) mass is 684 g/mol. The molecule has 12 nitrogen and oxygen atoms in total. The van der Waals surface area contributed by atoms with Gasteiger partial charge in [0.1, 0.15) is 36.4 Å². The molecule has 264 valence electrons. The fraction of sp³-hybridized carbons (Fsp3) is 0.706. The zero-order valence-electron chi connectivity index (χ0n) is 30.0. The molecule has 0 spiro atoms. The molecule has 2 aliphatic heterocycles. The molecule has 9 atom stereocenters. The van der Waals surface area contributed by atoms with Gasteiger partial charge in [0.05, 0.1) is 24.9 Å². The first-order chi connectivity index (χ1) is 22.8. The maximum atomic E-state index is 13.9. The Bertz CT molecular complexity index is 1420. The van der Waals surface area contributed by atoms with Crippen LogP contribution in [0.4, 0.5) is 4.79 Å². The Kier molecular flexibility index (Phi) is 12.6. The van der Waals surface area contributed by atoms with Crippen molar-refractivity contribution in [3.8, 4) is 10.7 Å². The topological polar surface area (TPSA) is 138 Å². The lowest BCUT2D eigenvalue weighted by Gasteiger charge is -2.42. The summed E-state index contributed by atoms with van der Waals surface area (Å²) in [4.78, 5) is 47.0. The van der Waals surface area contributed by atoms with Crippen LogP contribution in [-0.4, -0.2) is 101 Å². The van der Waals surface area contributed by atoms with Gasteiger partial charge in [-0.15, -0.1) is 16.4 Å². The van der Waals surface area contributed by atoms with Crippen molar-refractivity contribution < 1.29 is 28.6 Å². The van der Waals surface area contributed by atoms with Crippen molar-refractivity contribution >= 4 is 37.0 Å². The number of fused-ring (bicyclic) bond motifs is 1. The maximum Gasteiger partial charge on any atom is 0.411 e. The molecule has 14 heteroatoms. The molecule has 0 aliphatic carbocycles. The molecular weight excluding hydrogens is 631 g/mol. The Labute approximate surface area is 289 Å². The third-order valence-corrected chi connectivity index (χ3v) is 11.7. The number of Topliss-reactive ketones (excluding diaryl/α,β-unsaturated/α-hetero) is 1. The fourth-order valence-corrected chi connectivity index (χ4v) is 7.81. The molecular formula is C34H53BN6O6S. The lowest BCUT2D eigenvalue weighted by Crippen LogP contribution is -2.60. The first-order valence-electron chi connectivity index (χ1n) is 17.2. The molecule has 48 heavy (non-hydrogen) atoms. The van der Waals surface area contributed by atoms with Gasteiger partial charge in [0, 0.05) is 37.2 Å². The Hall–Kier alpha value is -3.10. The van der Waals surface area contributed by atoms with E-state index in [1.54, 1.807) is 29.8 Å². The zero-order chi connectivity index (χ0) is 35.2. The summed E-state index contributed by atoms with van der Waals surface area (Å²) in [5.41, 5.74) is -0.450. The van der Waals surface area contributed by atoms with Gasteiger partial charge in [-0.05, 0) is 58.3 Å². The molecule has 4 rings (SSSR count). The number of ether oxygens (including phenoxy) is 3. The van der Waals surface area contributed by atoms with E-state index in [9.17, 15) is 14.4 Å². The van der Waals surface area contributed by atoms with E-state index in [0.717, 1.165) is 30.8 Å². The highest BCUT2D eigenvalue weighted by atomic mass is 32.1. The van der Waals surface area contributed by atoms with E-state index in [1.165, 1.54) is 11.3 Å². The number of thiazole rings is 1. The number of carbonyl (C=O) groups is 3. The predicted octanol–water partition coefficient (Wildman–Crippen LogP) is 4.33. The number of cyclic esters (lactones) is 1. The summed E-state index contributed by atoms with van der Waals surface area (Å²) in [6.45, 7) is 15.0. The maximum absolute atomic E-state index is 13.9. The van der Waals surface area contributed by atoms with Crippen LogP contribution in [0, 0.1) is 17.8 Å². The molecule has 1 N–H and O–H groups in total. The van der Waals surface area contributed by atoms with E-state index in [2.05, 4.69) is 35.4 Å². The summed E-state index contributed by atoms with van der Waals surface area (Å²) in [6.07, 6.45) is 9.02. The summed E-state index contributed by atoms with van der Waals surface area (Å²) in [5, 5.41) is 14.3. The number of aromatic nitrogens is 4. The Morgan fingerprint density at radius 2 is 1.92 bits per heavy atom. The quantitative estimate of drug-likeness (QED) is 0.185. The van der Waals surface area contributed by atoms with Gasteiger partial charge in [-0.25, -0.2) is 14.5 Å². The first-order valence-corrected chi connectivity index (χ1v) is 18.1. The van der Waals surface area contributed by atoms with Gasteiger partial charge in [0.2, 0.25) is 0 Å². The lowest BCUT2D eigenvalue weighted by atomic mass is 9.53. The van der Waals surface area contributed by atoms with Gasteiger partial charge in [-0.2, -0.15) is 0 Å². The Balaban J connectivity index is 1.57. The van der Waals surface area contributed by atoms with E-state index in [1.807, 2.05) is 58.3 Å². The minimum atomic E-state index is -1.16. The van der Waals surface area contributed by atoms with Crippen LogP contribution in [0.2, 0.25) is 5.31 Å². The normalized spacial score (nSPS) is 33.4. The first kappa shape index (κ1) is 37.7. The van der Waals surface area contributed by atoms with Gasteiger partial charge in [0.15, 0.2) is 5.60 Å². The van der Waals surface area contributed by atoms with Crippen molar-refractivity contribution in [2.24, 2.45) is 17.8 Å². The summed E-state index contributed by atoms with van der Waals surface area (Å²) in [6, 6.07) is -0.633. The van der Waals surface area contributed by atoms with E-state index in [0.29, 0.717) is 31.1 Å². The minimum Gasteiger partial charge on any atom is -0.458 e. The molecule has 0 aromatic carbocycles. The molecule has 2 aromatic heterocycles. The van der Waals surface area contributed by atoms with Crippen molar-refractivity contribution in [1.82, 2.24) is 30.2 Å². The van der Waals surface area contributed by atoms with Gasteiger partial charge in [-0.3, -0.25) is 14.5 Å². The summed E-state index contributed by atoms with van der Waals surface area (Å²) in [5.74, 6) is -1.80. The highest BCUT2D eigenvalue weighted by molar-refractivity contribution is 7.13. The van der Waals surface area contributed by atoms with Crippen LogP contribution in [0.3, 0.4) is 0 Å². The molecule has 1 unspecified atom stereocenters. The number of hydrogen-bond donors (Lipinski definition) is 1. The highest BCUT2D eigenvalue weighted by Crippen LogP contribution is 2.45. The molecule has 2 aliphatic rings. The number of amides is 1. The number of esters is 1. The molecule has 4 heterocycles. The SMILES string of the molecule is B[C@@]1(C(C)OC)CC[C@H](C)CCN[C@@H](C)[C@H]2N(C/C=C/Cn3cc(-c4nccs4)nn3)C(=O)O[C@]2(C)[C@@H](CC)OC(=O)[C@H](C)C(=O)[C@@H]1C. The second kappa shape index (κ2) is 16.1. The second-order valence-electron chi connectivity index (χ2n) is 14.0. The predicted molar refractivity (Wildman–Crippen MR) is 187 cm³/mol. The van der Waals surface area contributed by atoms with Crippen LogP contribution in [0.5, 0.6) is 0 Å². The number of nitrogens with one attached hydrogen (secondary N) is 1. The van der Waals surface area contributed by atoms with E-state index in [-0.39, 0.29) is 17.9 Å². The van der Waals surface area contributed by atoms with Crippen LogP contribution in [0.25, 0.3) is 10.7 Å². The zero-order valence-corrected chi connectivity index (χ0v) is 30.8. The third kappa shape index (κ3) is 8.02. The standard InChI is InChI=1S/C34H53BN6O6S/c1-9-27-33(7)29(41(32(44)47-33)18-11-10-17-40-20-26(38-39-40)30-37-16-19-48-30)24(5)36-15-13-21(2)12-14-34(35,25(6)45-8)23(4)28(42)22(3)31(43)46-27/h10-11,16,19-25,27,29,36H,9,12-15,17-18,35H2,1-8H3/b11-10+/t21-,22+,23-,24-,25?,27+,29+,33+,34-/m0/s1. The van der Waals surface area contributed by atoms with Crippen LogP contribution in [0.15, 0.2) is 29.9 Å². The molecule has 2 saturated heterocycles. The average Bonchev–Trinajstić information content (AvgIpc) is 3.82. The number of rotatable bonds is 8. The van der Waals surface area contributed by atoms with Crippen LogP contribution >= 0.6 is 11.3 Å². The van der Waals surface area contributed by atoms with Crippen molar-refractivity contribution in [3.05, 3.63) is 29.9 Å². The van der Waals surface area contributed by atoms with Crippen molar-refractivity contribution in [1.29, 1.82) is 0 Å². The number of carbonyl (C=O) groups excluding carboxylic acids is 3. The number of methoxy groups -OCH3 is 1. The Morgan fingerprint density at radius 3 is 2.58 bits per heavy atom.